The van der Waals surface area contributed by atoms with E-state index in [1.807, 2.05) is 32.0 Å². The number of methoxy groups -OCH3 is 1. The fourth-order valence-corrected chi connectivity index (χ4v) is 2.35. The Hall–Kier alpha value is -1.40. The molecule has 1 fully saturated rings. The Labute approximate surface area is 158 Å². The molecule has 0 atom stereocenters. The summed E-state index contributed by atoms with van der Waals surface area (Å²) < 4.78 is 12.2. The van der Waals surface area contributed by atoms with E-state index in [1.54, 1.807) is 7.11 Å². The zero-order valence-corrected chi connectivity index (χ0v) is 17.7. The molecule has 0 bridgehead atoms. The predicted molar refractivity (Wildman–Crippen MR) is 114 cm³/mol. The van der Waals surface area contributed by atoms with Crippen LogP contribution in [0.15, 0.2) is 22.6 Å². The molecule has 1 aromatic rings. The quantitative estimate of drug-likeness (QED) is 0.619. The molecule has 6 heteroatoms. The summed E-state index contributed by atoms with van der Waals surface area (Å²) in [5.74, 6) is 1.24. The van der Waals surface area contributed by atoms with E-state index in [4.69, 9.17) is 10.5 Å². The Morgan fingerprint density at radius 3 is 2.12 bits per heavy atom. The van der Waals surface area contributed by atoms with Crippen LogP contribution in [0.5, 0.6) is 5.75 Å². The van der Waals surface area contributed by atoms with Gasteiger partial charge in [0, 0.05) is 0 Å². The van der Waals surface area contributed by atoms with Gasteiger partial charge in [0.1, 0.15) is 11.6 Å². The van der Waals surface area contributed by atoms with Gasteiger partial charge >= 0.3 is 0 Å². The van der Waals surface area contributed by atoms with E-state index in [-0.39, 0.29) is 0 Å². The number of ether oxygens (including phenoxy) is 1. The van der Waals surface area contributed by atoms with Crippen molar-refractivity contribution in [3.05, 3.63) is 23.8 Å². The molecule has 0 aliphatic carbocycles. The average molecular weight is 369 g/mol. The number of rotatable bonds is 1. The van der Waals surface area contributed by atoms with Crippen LogP contribution >= 0.6 is 12.1 Å². The third-order valence-electron chi connectivity index (χ3n) is 2.76. The lowest BCUT2D eigenvalue weighted by Gasteiger charge is -2.16. The van der Waals surface area contributed by atoms with Gasteiger partial charge in [0.15, 0.2) is 0 Å². The zero-order chi connectivity index (χ0) is 19.3. The number of nitrogens with zero attached hydrogens (tertiary/aromatic N) is 1. The van der Waals surface area contributed by atoms with Crippen LogP contribution in [-0.2, 0) is 0 Å². The molecular weight excluding hydrogens is 332 g/mol. The summed E-state index contributed by atoms with van der Waals surface area (Å²) in [4.78, 5) is 0. The molecule has 1 saturated heterocycles. The van der Waals surface area contributed by atoms with Gasteiger partial charge in [0.25, 0.3) is 0 Å². The summed E-state index contributed by atoms with van der Waals surface area (Å²) in [5.41, 5.74) is 8.01. The van der Waals surface area contributed by atoms with Crippen LogP contribution in [-0.4, -0.2) is 26.0 Å². The maximum atomic E-state index is 5.73. The number of hydrogen-bond donors (Lipinski definition) is 3. The lowest BCUT2D eigenvalue weighted by atomic mass is 10.0. The first-order chi connectivity index (χ1) is 11.8. The first-order valence-corrected chi connectivity index (χ1v) is 9.74. The topological polar surface area (TPSA) is 71.7 Å². The Kier molecular flexibility index (Phi) is 12.2. The van der Waals surface area contributed by atoms with Gasteiger partial charge in [-0.05, 0) is 43.5 Å². The molecular formula is C19H36N4OS. The maximum absolute atomic E-state index is 5.73. The lowest BCUT2D eigenvalue weighted by Crippen LogP contribution is -2.18. The monoisotopic (exact) mass is 368 g/mol. The van der Waals surface area contributed by atoms with Crippen molar-refractivity contribution in [2.75, 3.05) is 24.9 Å². The fraction of sp³-hybridized carbons (Fsp3) is 0.632. The summed E-state index contributed by atoms with van der Waals surface area (Å²) >= 11 is 1.22. The minimum Gasteiger partial charge on any atom is -0.496 e. The van der Waals surface area contributed by atoms with Crippen LogP contribution in [0.4, 0.5) is 5.69 Å². The molecule has 0 unspecified atom stereocenters. The lowest BCUT2D eigenvalue weighted by molar-refractivity contribution is 0.414. The zero-order valence-electron chi connectivity index (χ0n) is 16.9. The van der Waals surface area contributed by atoms with Crippen LogP contribution in [0, 0.1) is 5.41 Å². The minimum atomic E-state index is 0.496. The number of amidine groups is 1. The third kappa shape index (κ3) is 10.9. The van der Waals surface area contributed by atoms with E-state index in [2.05, 4.69) is 42.1 Å². The second-order valence-corrected chi connectivity index (χ2v) is 7.58. The Bertz CT molecular complexity index is 495. The molecule has 0 saturated carbocycles. The van der Waals surface area contributed by atoms with E-state index < -0.39 is 0 Å². The SMILES string of the molecule is C1CCNC1.CC.CC(C)(C)C.COc1cccc2c1C(N)=NSN2. The molecule has 2 heterocycles. The van der Waals surface area contributed by atoms with Crippen LogP contribution < -0.4 is 20.5 Å². The highest BCUT2D eigenvalue weighted by Crippen LogP contribution is 2.31. The Morgan fingerprint density at radius 1 is 1.12 bits per heavy atom. The maximum Gasteiger partial charge on any atom is 0.146 e. The number of nitrogens with two attached hydrogens (primary N) is 1. The van der Waals surface area contributed by atoms with Crippen molar-refractivity contribution in [3.63, 3.8) is 0 Å². The number of anilines is 1. The Balaban J connectivity index is 0.000000398. The number of hydrogen-bond acceptors (Lipinski definition) is 6. The molecule has 4 N–H and O–H groups in total. The van der Waals surface area contributed by atoms with Gasteiger partial charge in [-0.25, -0.2) is 0 Å². The highest BCUT2D eigenvalue weighted by molar-refractivity contribution is 7.99. The van der Waals surface area contributed by atoms with Crippen molar-refractivity contribution < 1.29 is 4.74 Å². The Morgan fingerprint density at radius 2 is 1.68 bits per heavy atom. The van der Waals surface area contributed by atoms with Crippen molar-refractivity contribution in [1.82, 2.24) is 5.32 Å². The van der Waals surface area contributed by atoms with Crippen LogP contribution in [0.25, 0.3) is 0 Å². The molecule has 2 aliphatic rings. The highest BCUT2D eigenvalue weighted by Gasteiger charge is 2.16. The van der Waals surface area contributed by atoms with Crippen LogP contribution in [0.2, 0.25) is 0 Å². The number of nitrogens with one attached hydrogen (secondary N) is 2. The average Bonchev–Trinajstić information content (AvgIpc) is 3.15. The number of fused-ring (bicyclic) bond motifs is 1. The highest BCUT2D eigenvalue weighted by atomic mass is 32.2. The summed E-state index contributed by atoms with van der Waals surface area (Å²) in [7, 11) is 1.62. The van der Waals surface area contributed by atoms with E-state index in [0.29, 0.717) is 11.3 Å². The van der Waals surface area contributed by atoms with E-state index in [1.165, 1.54) is 38.1 Å². The van der Waals surface area contributed by atoms with Crippen molar-refractivity contribution in [2.45, 2.75) is 54.4 Å². The largest absolute Gasteiger partial charge is 0.496 e. The summed E-state index contributed by atoms with van der Waals surface area (Å²) in [6, 6.07) is 5.70. The summed E-state index contributed by atoms with van der Waals surface area (Å²) in [6.07, 6.45) is 2.78. The summed E-state index contributed by atoms with van der Waals surface area (Å²) in [5, 5.41) is 3.22. The second-order valence-electron chi connectivity index (χ2n) is 7.01. The molecule has 3 rings (SSSR count). The van der Waals surface area contributed by atoms with Crippen molar-refractivity contribution in [1.29, 1.82) is 0 Å². The fourth-order valence-electron chi connectivity index (χ4n) is 1.84. The standard InChI is InChI=1S/C8H9N3OS.C5H12.C4H9N.C2H6/c1-12-6-4-2-3-5-7(6)8(9)11-13-10-5;1-5(2,3)4;1-2-4-5-3-1;1-2/h2-4,10H,1H3,(H2,9,11);1-4H3;5H,1-4H2;1-2H3. The molecule has 0 amide bonds. The summed E-state index contributed by atoms with van der Waals surface area (Å²) in [6.45, 7) is 15.2. The van der Waals surface area contributed by atoms with Gasteiger partial charge in [-0.3, -0.25) is 0 Å². The predicted octanol–water partition coefficient (Wildman–Crippen LogP) is 4.84. The molecule has 2 aliphatic heterocycles. The smallest absolute Gasteiger partial charge is 0.146 e. The molecule has 0 radical (unpaired) electrons. The van der Waals surface area contributed by atoms with E-state index in [9.17, 15) is 0 Å². The van der Waals surface area contributed by atoms with Gasteiger partial charge in [0.2, 0.25) is 0 Å². The van der Waals surface area contributed by atoms with Gasteiger partial charge in [-0.2, -0.15) is 4.40 Å². The van der Waals surface area contributed by atoms with Gasteiger partial charge in [-0.1, -0.05) is 47.6 Å². The normalized spacial score (nSPS) is 14.8. The van der Waals surface area contributed by atoms with Crippen molar-refractivity contribution in [3.8, 4) is 5.75 Å². The molecule has 1 aromatic carbocycles. The molecule has 144 valence electrons. The van der Waals surface area contributed by atoms with Gasteiger partial charge in [-0.15, -0.1) is 0 Å². The first-order valence-electron chi connectivity index (χ1n) is 8.96. The van der Waals surface area contributed by atoms with Crippen molar-refractivity contribution in [2.24, 2.45) is 15.5 Å². The number of benzene rings is 1. The van der Waals surface area contributed by atoms with Gasteiger partial charge < -0.3 is 20.5 Å². The van der Waals surface area contributed by atoms with Crippen molar-refractivity contribution >= 4 is 23.7 Å². The van der Waals surface area contributed by atoms with Crippen LogP contribution in [0.1, 0.15) is 59.9 Å². The molecule has 25 heavy (non-hydrogen) atoms. The molecule has 0 aromatic heterocycles. The minimum absolute atomic E-state index is 0.496. The van der Waals surface area contributed by atoms with Crippen LogP contribution in [0.3, 0.4) is 0 Å². The molecule has 0 spiro atoms. The first kappa shape index (κ1) is 23.6. The van der Waals surface area contributed by atoms with E-state index in [0.717, 1.165) is 17.0 Å². The second kappa shape index (κ2) is 12.9. The third-order valence-corrected chi connectivity index (χ3v) is 3.36. The van der Waals surface area contributed by atoms with E-state index >= 15 is 0 Å². The van der Waals surface area contributed by atoms with Gasteiger partial charge in [0.05, 0.1) is 30.5 Å². The molecule has 5 nitrogen and oxygen atoms in total.